The fourth-order valence-corrected chi connectivity index (χ4v) is 2.09. The molecule has 0 aromatic heterocycles. The van der Waals surface area contributed by atoms with Gasteiger partial charge in [0.25, 0.3) is 0 Å². The van der Waals surface area contributed by atoms with Gasteiger partial charge < -0.3 is 10.0 Å². The zero-order valence-corrected chi connectivity index (χ0v) is 9.14. The van der Waals surface area contributed by atoms with E-state index in [0.29, 0.717) is 11.8 Å². The van der Waals surface area contributed by atoms with Gasteiger partial charge in [-0.05, 0) is 18.3 Å². The maximum atomic E-state index is 11.6. The first-order valence-corrected chi connectivity index (χ1v) is 5.19. The lowest BCUT2D eigenvalue weighted by atomic mass is 9.92. The summed E-state index contributed by atoms with van der Waals surface area (Å²) < 4.78 is 0. The molecular formula is C11H17NO3. The van der Waals surface area contributed by atoms with Crippen LogP contribution in [0.4, 0.5) is 0 Å². The van der Waals surface area contributed by atoms with E-state index in [4.69, 9.17) is 5.11 Å². The summed E-state index contributed by atoms with van der Waals surface area (Å²) in [6.45, 7) is 5.67. The Morgan fingerprint density at radius 2 is 1.73 bits per heavy atom. The molecule has 2 unspecified atom stereocenters. The Hall–Kier alpha value is -1.32. The zero-order chi connectivity index (χ0) is 11.4. The summed E-state index contributed by atoms with van der Waals surface area (Å²) in [4.78, 5) is 23.5. The highest BCUT2D eigenvalue weighted by atomic mass is 16.4. The molecule has 1 heterocycles. The first kappa shape index (κ1) is 11.8. The molecule has 1 saturated heterocycles. The van der Waals surface area contributed by atoms with Crippen LogP contribution in [0.2, 0.25) is 0 Å². The number of hydrogen-bond acceptors (Lipinski definition) is 2. The molecule has 2 atom stereocenters. The highest BCUT2D eigenvalue weighted by Gasteiger charge is 2.23. The topological polar surface area (TPSA) is 57.6 Å². The van der Waals surface area contributed by atoms with E-state index in [2.05, 4.69) is 13.8 Å². The number of amides is 1. The molecule has 1 rings (SSSR count). The standard InChI is InChI=1S/C11H17NO3/c1-8-5-9(2)7-12(6-8)10(13)3-4-11(14)15/h3-4,8-9H,5-7H2,1-2H3,(H,14,15). The van der Waals surface area contributed by atoms with E-state index >= 15 is 0 Å². The van der Waals surface area contributed by atoms with Crippen LogP contribution in [0, 0.1) is 11.8 Å². The van der Waals surface area contributed by atoms with Crippen LogP contribution in [0.3, 0.4) is 0 Å². The third-order valence-electron chi connectivity index (χ3n) is 2.55. The van der Waals surface area contributed by atoms with E-state index in [1.165, 1.54) is 0 Å². The van der Waals surface area contributed by atoms with Crippen LogP contribution >= 0.6 is 0 Å². The zero-order valence-electron chi connectivity index (χ0n) is 9.14. The molecule has 84 valence electrons. The largest absolute Gasteiger partial charge is 0.478 e. The molecule has 1 N–H and O–H groups in total. The number of piperidine rings is 1. The average Bonchev–Trinajstić information content (AvgIpc) is 2.12. The van der Waals surface area contributed by atoms with Crippen LogP contribution in [0.25, 0.3) is 0 Å². The van der Waals surface area contributed by atoms with Gasteiger partial charge in [0.2, 0.25) is 5.91 Å². The Morgan fingerprint density at radius 3 is 2.20 bits per heavy atom. The number of carbonyl (C=O) groups excluding carboxylic acids is 1. The molecule has 4 nitrogen and oxygen atoms in total. The van der Waals surface area contributed by atoms with Crippen molar-refractivity contribution in [3.05, 3.63) is 12.2 Å². The fourth-order valence-electron chi connectivity index (χ4n) is 2.09. The monoisotopic (exact) mass is 211 g/mol. The van der Waals surface area contributed by atoms with Crippen LogP contribution in [-0.4, -0.2) is 35.0 Å². The molecule has 1 amide bonds. The van der Waals surface area contributed by atoms with Gasteiger partial charge in [0, 0.05) is 25.2 Å². The summed E-state index contributed by atoms with van der Waals surface area (Å²) >= 11 is 0. The van der Waals surface area contributed by atoms with Crippen LogP contribution < -0.4 is 0 Å². The van der Waals surface area contributed by atoms with Crippen molar-refractivity contribution in [2.24, 2.45) is 11.8 Å². The number of nitrogens with zero attached hydrogens (tertiary/aromatic N) is 1. The van der Waals surface area contributed by atoms with Gasteiger partial charge in [-0.15, -0.1) is 0 Å². The molecule has 0 aromatic carbocycles. The van der Waals surface area contributed by atoms with Crippen molar-refractivity contribution in [1.82, 2.24) is 4.90 Å². The van der Waals surface area contributed by atoms with Crippen molar-refractivity contribution in [3.63, 3.8) is 0 Å². The smallest absolute Gasteiger partial charge is 0.328 e. The lowest BCUT2D eigenvalue weighted by molar-refractivity contribution is -0.132. The molecule has 0 aliphatic carbocycles. The van der Waals surface area contributed by atoms with E-state index in [9.17, 15) is 9.59 Å². The molecular weight excluding hydrogens is 194 g/mol. The number of likely N-dealkylation sites (tertiary alicyclic amines) is 1. The van der Waals surface area contributed by atoms with Crippen molar-refractivity contribution in [2.45, 2.75) is 20.3 Å². The molecule has 0 saturated carbocycles. The summed E-state index contributed by atoms with van der Waals surface area (Å²) in [5.41, 5.74) is 0. The van der Waals surface area contributed by atoms with Crippen molar-refractivity contribution in [1.29, 1.82) is 0 Å². The second-order valence-electron chi connectivity index (χ2n) is 4.36. The van der Waals surface area contributed by atoms with Gasteiger partial charge in [0.1, 0.15) is 0 Å². The van der Waals surface area contributed by atoms with E-state index in [-0.39, 0.29) is 5.91 Å². The number of carbonyl (C=O) groups is 2. The van der Waals surface area contributed by atoms with Gasteiger partial charge in [-0.3, -0.25) is 4.79 Å². The average molecular weight is 211 g/mol. The number of carboxylic acid groups (broad SMARTS) is 1. The number of aliphatic carboxylic acids is 1. The Morgan fingerprint density at radius 1 is 1.20 bits per heavy atom. The molecule has 15 heavy (non-hydrogen) atoms. The second kappa shape index (κ2) is 4.96. The highest BCUT2D eigenvalue weighted by Crippen LogP contribution is 2.20. The first-order chi connectivity index (χ1) is 6.99. The molecule has 0 spiro atoms. The van der Waals surface area contributed by atoms with Gasteiger partial charge in [-0.1, -0.05) is 13.8 Å². The number of rotatable bonds is 2. The lowest BCUT2D eigenvalue weighted by Crippen LogP contribution is -2.41. The van der Waals surface area contributed by atoms with Crippen LogP contribution in [0.15, 0.2) is 12.2 Å². The summed E-state index contributed by atoms with van der Waals surface area (Å²) in [5.74, 6) is -0.288. The molecule has 0 radical (unpaired) electrons. The third kappa shape index (κ3) is 3.73. The molecule has 0 aromatic rings. The SMILES string of the molecule is CC1CC(C)CN(C(=O)C=CC(=O)O)C1. The van der Waals surface area contributed by atoms with Gasteiger partial charge in [-0.2, -0.15) is 0 Å². The minimum atomic E-state index is -1.08. The van der Waals surface area contributed by atoms with Gasteiger partial charge >= 0.3 is 5.97 Å². The highest BCUT2D eigenvalue weighted by molar-refractivity contribution is 5.93. The minimum Gasteiger partial charge on any atom is -0.478 e. The minimum absolute atomic E-state index is 0.198. The maximum Gasteiger partial charge on any atom is 0.328 e. The van der Waals surface area contributed by atoms with Crippen molar-refractivity contribution < 1.29 is 14.7 Å². The Balaban J connectivity index is 2.55. The Labute approximate surface area is 89.6 Å². The molecule has 1 aliphatic heterocycles. The maximum absolute atomic E-state index is 11.6. The predicted octanol–water partition coefficient (Wildman–Crippen LogP) is 1.13. The Kier molecular flexibility index (Phi) is 3.88. The molecule has 4 heteroatoms. The van der Waals surface area contributed by atoms with Gasteiger partial charge in [-0.25, -0.2) is 4.79 Å². The number of carboxylic acids is 1. The number of hydrogen-bond donors (Lipinski definition) is 1. The van der Waals surface area contributed by atoms with E-state index in [1.54, 1.807) is 4.90 Å². The van der Waals surface area contributed by atoms with E-state index in [0.717, 1.165) is 31.7 Å². The van der Waals surface area contributed by atoms with Crippen molar-refractivity contribution in [2.75, 3.05) is 13.1 Å². The fraction of sp³-hybridized carbons (Fsp3) is 0.636. The molecule has 0 bridgehead atoms. The van der Waals surface area contributed by atoms with Crippen molar-refractivity contribution >= 4 is 11.9 Å². The summed E-state index contributed by atoms with van der Waals surface area (Å²) in [6.07, 6.45) is 3.16. The summed E-state index contributed by atoms with van der Waals surface area (Å²) in [6, 6.07) is 0. The normalized spacial score (nSPS) is 26.9. The summed E-state index contributed by atoms with van der Waals surface area (Å²) in [5, 5.41) is 8.41. The molecule has 1 fully saturated rings. The Bertz CT molecular complexity index is 276. The van der Waals surface area contributed by atoms with Gasteiger partial charge in [0.15, 0.2) is 0 Å². The van der Waals surface area contributed by atoms with Crippen LogP contribution in [0.5, 0.6) is 0 Å². The molecule has 1 aliphatic rings. The van der Waals surface area contributed by atoms with E-state index in [1.807, 2.05) is 0 Å². The van der Waals surface area contributed by atoms with Crippen LogP contribution in [-0.2, 0) is 9.59 Å². The lowest BCUT2D eigenvalue weighted by Gasteiger charge is -2.34. The van der Waals surface area contributed by atoms with E-state index < -0.39 is 5.97 Å². The van der Waals surface area contributed by atoms with Crippen molar-refractivity contribution in [3.8, 4) is 0 Å². The second-order valence-corrected chi connectivity index (χ2v) is 4.36. The predicted molar refractivity (Wildman–Crippen MR) is 56.3 cm³/mol. The van der Waals surface area contributed by atoms with Crippen LogP contribution in [0.1, 0.15) is 20.3 Å². The third-order valence-corrected chi connectivity index (χ3v) is 2.55. The van der Waals surface area contributed by atoms with Gasteiger partial charge in [0.05, 0.1) is 0 Å². The quantitative estimate of drug-likeness (QED) is 0.697. The summed E-state index contributed by atoms with van der Waals surface area (Å²) in [7, 11) is 0. The first-order valence-electron chi connectivity index (χ1n) is 5.19.